The molecule has 0 saturated heterocycles. The zero-order valence-electron chi connectivity index (χ0n) is 16.1. The van der Waals surface area contributed by atoms with E-state index in [1.807, 2.05) is 38.1 Å². The summed E-state index contributed by atoms with van der Waals surface area (Å²) in [5, 5.41) is 11.2. The van der Waals surface area contributed by atoms with Crippen LogP contribution >= 0.6 is 0 Å². The van der Waals surface area contributed by atoms with Crippen LogP contribution in [-0.4, -0.2) is 18.9 Å². The summed E-state index contributed by atoms with van der Waals surface area (Å²) in [5.41, 5.74) is 0.508. The summed E-state index contributed by atoms with van der Waals surface area (Å²) in [6.07, 6.45) is 1.97. The minimum Gasteiger partial charge on any atom is -0.487 e. The number of nitro benzene ring substituents is 1. The molecule has 0 aliphatic carbocycles. The summed E-state index contributed by atoms with van der Waals surface area (Å²) in [6.45, 7) is 5.62. The maximum Gasteiger partial charge on any atom is 0.273 e. The molecule has 0 bridgehead atoms. The normalized spacial score (nSPS) is 18.2. The van der Waals surface area contributed by atoms with E-state index in [0.717, 1.165) is 24.5 Å². The van der Waals surface area contributed by atoms with Gasteiger partial charge in [0.05, 0.1) is 15.9 Å². The Bertz CT molecular complexity index is 999. The van der Waals surface area contributed by atoms with Crippen molar-refractivity contribution < 1.29 is 18.1 Å². The Morgan fingerprint density at radius 3 is 2.54 bits per heavy atom. The summed E-state index contributed by atoms with van der Waals surface area (Å²) in [4.78, 5) is 10.5. The molecule has 28 heavy (non-hydrogen) atoms. The molecule has 3 rings (SSSR count). The minimum atomic E-state index is -3.95. The number of hydrogen-bond acceptors (Lipinski definition) is 5. The number of hydrogen-bond donors (Lipinski definition) is 1. The number of sulfonamides is 1. The average Bonchev–Trinajstić information content (AvgIpc) is 2.67. The fourth-order valence-corrected chi connectivity index (χ4v) is 4.85. The van der Waals surface area contributed by atoms with Crippen molar-refractivity contribution in [3.63, 3.8) is 0 Å². The van der Waals surface area contributed by atoms with Crippen molar-refractivity contribution in [2.45, 2.75) is 56.6 Å². The van der Waals surface area contributed by atoms with Gasteiger partial charge >= 0.3 is 0 Å². The van der Waals surface area contributed by atoms with Gasteiger partial charge in [0.25, 0.3) is 5.69 Å². The second-order valence-electron chi connectivity index (χ2n) is 7.11. The Balaban J connectivity index is 2.00. The highest BCUT2D eigenvalue weighted by atomic mass is 32.2. The van der Waals surface area contributed by atoms with Crippen molar-refractivity contribution in [1.82, 2.24) is 4.72 Å². The topological polar surface area (TPSA) is 98.5 Å². The minimum absolute atomic E-state index is 0.118. The molecule has 2 aromatic rings. The van der Waals surface area contributed by atoms with Crippen molar-refractivity contribution in [3.05, 3.63) is 63.7 Å². The van der Waals surface area contributed by atoms with E-state index in [9.17, 15) is 18.5 Å². The van der Waals surface area contributed by atoms with Crippen LogP contribution in [0.5, 0.6) is 5.75 Å². The lowest BCUT2D eigenvalue weighted by molar-refractivity contribution is -0.385. The van der Waals surface area contributed by atoms with Gasteiger partial charge in [0.15, 0.2) is 0 Å². The average molecular weight is 404 g/mol. The third kappa shape index (κ3) is 3.74. The van der Waals surface area contributed by atoms with Crippen LogP contribution in [0.2, 0.25) is 0 Å². The fourth-order valence-electron chi connectivity index (χ4n) is 3.61. The second-order valence-corrected chi connectivity index (χ2v) is 8.83. The number of aryl methyl sites for hydroxylation is 1. The number of nitrogens with zero attached hydrogens (tertiary/aromatic N) is 1. The fraction of sp³-hybridized carbons (Fsp3) is 0.400. The highest BCUT2D eigenvalue weighted by molar-refractivity contribution is 7.89. The molecule has 1 heterocycles. The SMILES string of the molecule is CCC1(CC)C[C@H](NS(=O)(=O)c2ccc(C)c([N+](=O)[O-])c2)c2ccccc2O1. The van der Waals surface area contributed by atoms with Gasteiger partial charge in [0.1, 0.15) is 11.4 Å². The molecule has 1 N–H and O–H groups in total. The largest absolute Gasteiger partial charge is 0.487 e. The van der Waals surface area contributed by atoms with Crippen LogP contribution in [-0.2, 0) is 10.0 Å². The molecular weight excluding hydrogens is 380 g/mol. The maximum atomic E-state index is 13.0. The molecule has 0 aromatic heterocycles. The number of benzene rings is 2. The molecule has 1 aliphatic rings. The quantitative estimate of drug-likeness (QED) is 0.573. The Hall–Kier alpha value is -2.45. The third-order valence-corrected chi connectivity index (χ3v) is 6.94. The molecule has 8 heteroatoms. The van der Waals surface area contributed by atoms with E-state index < -0.39 is 26.6 Å². The summed E-state index contributed by atoms with van der Waals surface area (Å²) >= 11 is 0. The van der Waals surface area contributed by atoms with Gasteiger partial charge in [-0.15, -0.1) is 0 Å². The van der Waals surface area contributed by atoms with E-state index in [1.54, 1.807) is 6.92 Å². The van der Waals surface area contributed by atoms with Gasteiger partial charge in [-0.3, -0.25) is 10.1 Å². The first-order chi connectivity index (χ1) is 13.2. The standard InChI is InChI=1S/C20H24N2O5S/c1-4-20(5-2)13-17(16-8-6-7-9-19(16)27-20)21-28(25,26)15-11-10-14(3)18(12-15)22(23)24/h6-12,17,21H,4-5,13H2,1-3H3/t17-/m0/s1. The first-order valence-corrected chi connectivity index (χ1v) is 10.7. The van der Waals surface area contributed by atoms with Crippen LogP contribution < -0.4 is 9.46 Å². The van der Waals surface area contributed by atoms with Crippen LogP contribution in [0, 0.1) is 17.0 Å². The van der Waals surface area contributed by atoms with Gasteiger partial charge in [0, 0.05) is 23.6 Å². The third-order valence-electron chi connectivity index (χ3n) is 5.47. The zero-order chi connectivity index (χ0) is 20.5. The molecule has 7 nitrogen and oxygen atoms in total. The van der Waals surface area contributed by atoms with Gasteiger partial charge in [-0.25, -0.2) is 13.1 Å². The molecule has 1 atom stereocenters. The van der Waals surface area contributed by atoms with E-state index in [1.165, 1.54) is 12.1 Å². The molecule has 150 valence electrons. The lowest BCUT2D eigenvalue weighted by Gasteiger charge is -2.41. The predicted molar refractivity (Wildman–Crippen MR) is 106 cm³/mol. The summed E-state index contributed by atoms with van der Waals surface area (Å²) in [7, 11) is -3.95. The number of para-hydroxylation sites is 1. The van der Waals surface area contributed by atoms with E-state index in [0.29, 0.717) is 17.7 Å². The van der Waals surface area contributed by atoms with Gasteiger partial charge in [-0.2, -0.15) is 0 Å². The van der Waals surface area contributed by atoms with Gasteiger partial charge in [-0.05, 0) is 31.9 Å². The number of nitro groups is 1. The van der Waals surface area contributed by atoms with Crippen molar-refractivity contribution in [2.75, 3.05) is 0 Å². The second kappa shape index (κ2) is 7.52. The summed E-state index contributed by atoms with van der Waals surface area (Å²) < 4.78 is 35.0. The Morgan fingerprint density at radius 2 is 1.89 bits per heavy atom. The van der Waals surface area contributed by atoms with E-state index in [4.69, 9.17) is 4.74 Å². The van der Waals surface area contributed by atoms with Crippen LogP contribution in [0.4, 0.5) is 5.69 Å². The monoisotopic (exact) mass is 404 g/mol. The molecule has 0 spiro atoms. The molecule has 2 aromatic carbocycles. The number of fused-ring (bicyclic) bond motifs is 1. The van der Waals surface area contributed by atoms with Crippen molar-refractivity contribution in [3.8, 4) is 5.75 Å². The van der Waals surface area contributed by atoms with Crippen LogP contribution in [0.15, 0.2) is 47.4 Å². The Kier molecular flexibility index (Phi) is 5.45. The molecule has 1 aliphatic heterocycles. The molecule has 0 amide bonds. The summed E-state index contributed by atoms with van der Waals surface area (Å²) in [6, 6.07) is 10.9. The molecule has 0 unspecified atom stereocenters. The zero-order valence-corrected chi connectivity index (χ0v) is 17.0. The van der Waals surface area contributed by atoms with Gasteiger partial charge < -0.3 is 4.74 Å². The molecular formula is C20H24N2O5S. The Morgan fingerprint density at radius 1 is 1.21 bits per heavy atom. The van der Waals surface area contributed by atoms with Gasteiger partial charge in [0.2, 0.25) is 10.0 Å². The highest BCUT2D eigenvalue weighted by Gasteiger charge is 2.40. The number of ether oxygens (including phenoxy) is 1. The molecule has 0 fully saturated rings. The van der Waals surface area contributed by atoms with E-state index in [2.05, 4.69) is 4.72 Å². The first-order valence-electron chi connectivity index (χ1n) is 9.26. The van der Waals surface area contributed by atoms with E-state index >= 15 is 0 Å². The molecule has 0 saturated carbocycles. The lowest BCUT2D eigenvalue weighted by Crippen LogP contribution is -2.44. The van der Waals surface area contributed by atoms with Crippen LogP contribution in [0.3, 0.4) is 0 Å². The van der Waals surface area contributed by atoms with Crippen molar-refractivity contribution >= 4 is 15.7 Å². The molecule has 0 radical (unpaired) electrons. The van der Waals surface area contributed by atoms with Crippen LogP contribution in [0.1, 0.15) is 50.3 Å². The number of rotatable bonds is 6. The van der Waals surface area contributed by atoms with Crippen molar-refractivity contribution in [2.24, 2.45) is 0 Å². The maximum absolute atomic E-state index is 13.0. The smallest absolute Gasteiger partial charge is 0.273 e. The van der Waals surface area contributed by atoms with E-state index in [-0.39, 0.29) is 10.6 Å². The lowest BCUT2D eigenvalue weighted by atomic mass is 9.84. The number of nitrogens with one attached hydrogen (secondary N) is 1. The first kappa shape index (κ1) is 20.3. The van der Waals surface area contributed by atoms with Gasteiger partial charge in [-0.1, -0.05) is 38.1 Å². The van der Waals surface area contributed by atoms with Crippen LogP contribution in [0.25, 0.3) is 0 Å². The summed E-state index contributed by atoms with van der Waals surface area (Å²) in [5.74, 6) is 0.667. The highest BCUT2D eigenvalue weighted by Crippen LogP contribution is 2.43. The van der Waals surface area contributed by atoms with Crippen molar-refractivity contribution in [1.29, 1.82) is 0 Å². The predicted octanol–water partition coefficient (Wildman–Crippen LogP) is 4.26. The Labute approximate surface area is 164 Å².